The molecule has 0 fully saturated rings. The minimum absolute atomic E-state index is 0.719. The summed E-state index contributed by atoms with van der Waals surface area (Å²) in [5, 5.41) is 2.14. The van der Waals surface area contributed by atoms with E-state index in [2.05, 4.69) is 20.9 Å². The number of oxazole rings is 1. The fourth-order valence-electron chi connectivity index (χ4n) is 2.13. The Hall–Kier alpha value is -1.81. The molecule has 0 aliphatic carbocycles. The molecule has 4 rings (SSSR count). The number of para-hydroxylation sites is 1. The van der Waals surface area contributed by atoms with E-state index in [1.54, 1.807) is 0 Å². The number of fused-ring (bicyclic) bond motifs is 4. The van der Waals surface area contributed by atoms with Gasteiger partial charge in [0.15, 0.2) is 17.6 Å². The molecule has 0 N–H and O–H groups in total. The highest BCUT2D eigenvalue weighted by Gasteiger charge is 2.15. The van der Waals surface area contributed by atoms with E-state index in [4.69, 9.17) is 8.83 Å². The molecule has 82 valence electrons. The predicted molar refractivity (Wildman–Crippen MR) is 69.0 cm³/mol. The topological polar surface area (TPSA) is 39.2 Å². The molecule has 0 bridgehead atoms. The van der Waals surface area contributed by atoms with Crippen molar-refractivity contribution in [1.82, 2.24) is 4.98 Å². The second-order valence-electron chi connectivity index (χ2n) is 3.87. The molecule has 0 radical (unpaired) electrons. The van der Waals surface area contributed by atoms with Crippen LogP contribution >= 0.6 is 15.9 Å². The van der Waals surface area contributed by atoms with Gasteiger partial charge < -0.3 is 8.83 Å². The van der Waals surface area contributed by atoms with Gasteiger partial charge in [-0.2, -0.15) is 0 Å². The minimum atomic E-state index is 0.719. The Kier molecular flexibility index (Phi) is 1.69. The highest BCUT2D eigenvalue weighted by Crippen LogP contribution is 2.37. The fraction of sp³-hybridized carbons (Fsp3) is 0. The van der Waals surface area contributed by atoms with E-state index in [-0.39, 0.29) is 0 Å². The lowest BCUT2D eigenvalue weighted by Crippen LogP contribution is -1.72. The molecule has 0 spiro atoms. The standard InChI is InChI=1S/C13H6BrNO2/c14-11-12-8(5-9-13(11)16-6-15-9)7-3-1-2-4-10(7)17-12/h1-6H. The van der Waals surface area contributed by atoms with Gasteiger partial charge in [0.1, 0.15) is 15.6 Å². The number of hydrogen-bond donors (Lipinski definition) is 0. The molecule has 3 nitrogen and oxygen atoms in total. The number of aromatic nitrogens is 1. The molecule has 0 saturated carbocycles. The predicted octanol–water partition coefficient (Wildman–Crippen LogP) is 4.49. The molecule has 0 atom stereocenters. The largest absolute Gasteiger partial charge is 0.455 e. The van der Waals surface area contributed by atoms with Crippen molar-refractivity contribution in [3.63, 3.8) is 0 Å². The van der Waals surface area contributed by atoms with E-state index < -0.39 is 0 Å². The monoisotopic (exact) mass is 287 g/mol. The number of rotatable bonds is 0. The minimum Gasteiger partial charge on any atom is -0.455 e. The Labute approximate surface area is 104 Å². The number of halogens is 1. The molecule has 2 aromatic carbocycles. The van der Waals surface area contributed by atoms with Gasteiger partial charge in [-0.15, -0.1) is 0 Å². The first-order chi connectivity index (χ1) is 8.34. The zero-order valence-corrected chi connectivity index (χ0v) is 10.2. The second-order valence-corrected chi connectivity index (χ2v) is 4.66. The number of hydrogen-bond acceptors (Lipinski definition) is 3. The van der Waals surface area contributed by atoms with E-state index in [9.17, 15) is 0 Å². The molecule has 4 aromatic rings. The quantitative estimate of drug-likeness (QED) is 0.478. The molecule has 2 heterocycles. The van der Waals surface area contributed by atoms with Crippen molar-refractivity contribution >= 4 is 49.0 Å². The summed E-state index contributed by atoms with van der Waals surface area (Å²) in [5.41, 5.74) is 3.22. The van der Waals surface area contributed by atoms with Crippen LogP contribution in [-0.4, -0.2) is 4.98 Å². The average Bonchev–Trinajstić information content (AvgIpc) is 2.94. The van der Waals surface area contributed by atoms with Crippen molar-refractivity contribution in [3.8, 4) is 0 Å². The number of furan rings is 1. The third-order valence-corrected chi connectivity index (χ3v) is 3.63. The summed E-state index contributed by atoms with van der Waals surface area (Å²) in [4.78, 5) is 4.18. The van der Waals surface area contributed by atoms with Gasteiger partial charge in [0.2, 0.25) is 0 Å². The summed E-state index contributed by atoms with van der Waals surface area (Å²) in [6.07, 6.45) is 1.44. The zero-order valence-electron chi connectivity index (χ0n) is 8.61. The van der Waals surface area contributed by atoms with Crippen LogP contribution in [0.1, 0.15) is 0 Å². The average molecular weight is 288 g/mol. The third-order valence-electron chi connectivity index (χ3n) is 2.91. The van der Waals surface area contributed by atoms with Crippen LogP contribution < -0.4 is 0 Å². The van der Waals surface area contributed by atoms with E-state index in [1.807, 2.05) is 30.3 Å². The van der Waals surface area contributed by atoms with Gasteiger partial charge in [0, 0.05) is 10.8 Å². The molecular weight excluding hydrogens is 282 g/mol. The molecular formula is C13H6BrNO2. The Morgan fingerprint density at radius 2 is 1.94 bits per heavy atom. The fourth-order valence-corrected chi connectivity index (χ4v) is 2.72. The summed E-state index contributed by atoms with van der Waals surface area (Å²) >= 11 is 3.51. The van der Waals surface area contributed by atoms with Crippen LogP contribution in [0.3, 0.4) is 0 Å². The van der Waals surface area contributed by atoms with Crippen LogP contribution in [0.25, 0.3) is 33.0 Å². The lowest BCUT2D eigenvalue weighted by Gasteiger charge is -1.93. The molecule has 0 unspecified atom stereocenters. The molecule has 17 heavy (non-hydrogen) atoms. The van der Waals surface area contributed by atoms with Gasteiger partial charge in [0.05, 0.1) is 0 Å². The summed E-state index contributed by atoms with van der Waals surface area (Å²) in [6.45, 7) is 0. The van der Waals surface area contributed by atoms with Crippen LogP contribution in [0.4, 0.5) is 0 Å². The molecule has 2 aromatic heterocycles. The first-order valence-electron chi connectivity index (χ1n) is 5.17. The molecule has 4 heteroatoms. The molecule has 0 aliphatic heterocycles. The zero-order chi connectivity index (χ0) is 11.4. The highest BCUT2D eigenvalue weighted by molar-refractivity contribution is 9.10. The normalized spacial score (nSPS) is 11.8. The van der Waals surface area contributed by atoms with Gasteiger partial charge in [-0.25, -0.2) is 4.98 Å². The van der Waals surface area contributed by atoms with Gasteiger partial charge >= 0.3 is 0 Å². The van der Waals surface area contributed by atoms with Crippen molar-refractivity contribution in [1.29, 1.82) is 0 Å². The third kappa shape index (κ3) is 1.13. The maximum atomic E-state index is 5.83. The molecule has 0 saturated heterocycles. The van der Waals surface area contributed by atoms with Crippen LogP contribution in [0, 0.1) is 0 Å². The maximum absolute atomic E-state index is 5.83. The summed E-state index contributed by atoms with van der Waals surface area (Å²) < 4.78 is 12.0. The van der Waals surface area contributed by atoms with Gasteiger partial charge in [-0.1, -0.05) is 18.2 Å². The summed E-state index contributed by atoms with van der Waals surface area (Å²) in [6, 6.07) is 9.94. The van der Waals surface area contributed by atoms with Crippen molar-refractivity contribution in [2.45, 2.75) is 0 Å². The smallest absolute Gasteiger partial charge is 0.182 e. The van der Waals surface area contributed by atoms with Gasteiger partial charge in [-0.3, -0.25) is 0 Å². The summed E-state index contributed by atoms with van der Waals surface area (Å²) in [5.74, 6) is 0. The van der Waals surface area contributed by atoms with Crippen molar-refractivity contribution < 1.29 is 8.83 Å². The van der Waals surface area contributed by atoms with E-state index in [0.717, 1.165) is 37.5 Å². The Balaban J connectivity index is 2.36. The van der Waals surface area contributed by atoms with Crippen molar-refractivity contribution in [2.75, 3.05) is 0 Å². The second kappa shape index (κ2) is 3.11. The first kappa shape index (κ1) is 9.24. The van der Waals surface area contributed by atoms with E-state index in [1.165, 1.54) is 6.39 Å². The van der Waals surface area contributed by atoms with Crippen molar-refractivity contribution in [2.24, 2.45) is 0 Å². The Morgan fingerprint density at radius 3 is 2.88 bits per heavy atom. The number of nitrogens with zero attached hydrogens (tertiary/aromatic N) is 1. The SMILES string of the molecule is Brc1c2ocnc2cc2c1oc1ccccc12. The maximum Gasteiger partial charge on any atom is 0.182 e. The Bertz CT molecular complexity index is 860. The number of benzene rings is 2. The summed E-state index contributed by atoms with van der Waals surface area (Å²) in [7, 11) is 0. The lowest BCUT2D eigenvalue weighted by molar-refractivity contribution is 0.598. The highest BCUT2D eigenvalue weighted by atomic mass is 79.9. The van der Waals surface area contributed by atoms with Crippen molar-refractivity contribution in [3.05, 3.63) is 41.2 Å². The Morgan fingerprint density at radius 1 is 1.06 bits per heavy atom. The van der Waals surface area contributed by atoms with Gasteiger partial charge in [-0.05, 0) is 28.1 Å². The van der Waals surface area contributed by atoms with E-state index in [0.29, 0.717) is 0 Å². The van der Waals surface area contributed by atoms with Crippen LogP contribution in [0.2, 0.25) is 0 Å². The lowest BCUT2D eigenvalue weighted by atomic mass is 10.1. The molecule has 0 amide bonds. The van der Waals surface area contributed by atoms with Crippen LogP contribution in [-0.2, 0) is 0 Å². The first-order valence-corrected chi connectivity index (χ1v) is 5.97. The van der Waals surface area contributed by atoms with Gasteiger partial charge in [0.25, 0.3) is 0 Å². The van der Waals surface area contributed by atoms with Crippen LogP contribution in [0.5, 0.6) is 0 Å². The van der Waals surface area contributed by atoms with Crippen LogP contribution in [0.15, 0.2) is 50.0 Å². The van der Waals surface area contributed by atoms with E-state index >= 15 is 0 Å². The molecule has 0 aliphatic rings.